The van der Waals surface area contributed by atoms with Crippen molar-refractivity contribution in [1.29, 1.82) is 0 Å². The molecule has 0 bridgehead atoms. The monoisotopic (exact) mass is 583 g/mol. The lowest BCUT2D eigenvalue weighted by Crippen LogP contribution is -2.56. The van der Waals surface area contributed by atoms with Crippen LogP contribution in [0.1, 0.15) is 43.4 Å². The molecule has 0 aliphatic rings. The van der Waals surface area contributed by atoms with Crippen molar-refractivity contribution in [2.24, 2.45) is 0 Å². The molecule has 40 heavy (non-hydrogen) atoms. The van der Waals surface area contributed by atoms with Crippen LogP contribution in [0.15, 0.2) is 42.5 Å². The first-order valence-corrected chi connectivity index (χ1v) is 15.0. The highest BCUT2D eigenvalue weighted by molar-refractivity contribution is 7.91. The Labute approximate surface area is 234 Å². The molecular formula is C28H39F2N3O6S. The van der Waals surface area contributed by atoms with E-state index in [-0.39, 0.29) is 24.3 Å². The lowest BCUT2D eigenvalue weighted by atomic mass is 10.00. The van der Waals surface area contributed by atoms with Gasteiger partial charge >= 0.3 is 6.09 Å². The van der Waals surface area contributed by atoms with Crippen LogP contribution < -0.4 is 16.0 Å². The van der Waals surface area contributed by atoms with E-state index in [1.807, 2.05) is 38.1 Å². The maximum Gasteiger partial charge on any atom is 0.407 e. The minimum Gasteiger partial charge on any atom is -0.453 e. The van der Waals surface area contributed by atoms with E-state index in [1.165, 1.54) is 0 Å². The molecule has 2 aromatic carbocycles. The minimum absolute atomic E-state index is 0.00297. The number of sulfone groups is 1. The second-order valence-corrected chi connectivity index (χ2v) is 11.9. The molecule has 0 fully saturated rings. The largest absolute Gasteiger partial charge is 0.453 e. The Morgan fingerprint density at radius 1 is 1.00 bits per heavy atom. The van der Waals surface area contributed by atoms with Crippen LogP contribution in [0.3, 0.4) is 0 Å². The smallest absolute Gasteiger partial charge is 0.407 e. The molecule has 0 aromatic heterocycles. The van der Waals surface area contributed by atoms with Crippen LogP contribution in [0.25, 0.3) is 0 Å². The zero-order chi connectivity index (χ0) is 29.7. The zero-order valence-electron chi connectivity index (χ0n) is 23.1. The number of aliphatic hydroxyl groups is 1. The van der Waals surface area contributed by atoms with Gasteiger partial charge in [0.25, 0.3) is 0 Å². The number of hydrogen-bond acceptors (Lipinski definition) is 7. The van der Waals surface area contributed by atoms with E-state index < -0.39 is 57.4 Å². The molecule has 0 heterocycles. The summed E-state index contributed by atoms with van der Waals surface area (Å²) in [5.41, 5.74) is 2.31. The van der Waals surface area contributed by atoms with E-state index in [1.54, 1.807) is 0 Å². The van der Waals surface area contributed by atoms with Crippen molar-refractivity contribution >= 4 is 21.8 Å². The molecule has 0 saturated carbocycles. The molecule has 0 radical (unpaired) electrons. The van der Waals surface area contributed by atoms with Gasteiger partial charge in [0.05, 0.1) is 30.8 Å². The number of benzene rings is 2. The predicted octanol–water partition coefficient (Wildman–Crippen LogP) is 2.64. The molecule has 0 unspecified atom stereocenters. The van der Waals surface area contributed by atoms with E-state index in [0.29, 0.717) is 25.5 Å². The summed E-state index contributed by atoms with van der Waals surface area (Å²) in [5, 5.41) is 18.9. The van der Waals surface area contributed by atoms with Crippen molar-refractivity contribution in [2.45, 2.75) is 64.3 Å². The molecule has 12 heteroatoms. The second kappa shape index (κ2) is 16.2. The van der Waals surface area contributed by atoms with Gasteiger partial charge < -0.3 is 25.8 Å². The SMILES string of the molecule is CCCCS(=O)(=O)C[C@@H](NC(=O)OC)C(=O)N[C@@H](Cc1cc(F)cc(F)c1)[C@H](O)CNCc1cccc(CC)c1. The van der Waals surface area contributed by atoms with Crippen molar-refractivity contribution in [1.82, 2.24) is 16.0 Å². The van der Waals surface area contributed by atoms with Gasteiger partial charge in [0.15, 0.2) is 9.84 Å². The Kier molecular flexibility index (Phi) is 13.4. The fourth-order valence-corrected chi connectivity index (χ4v) is 5.74. The summed E-state index contributed by atoms with van der Waals surface area (Å²) in [5.74, 6) is -3.39. The van der Waals surface area contributed by atoms with Gasteiger partial charge in [0.1, 0.15) is 17.7 Å². The van der Waals surface area contributed by atoms with Gasteiger partial charge in [0.2, 0.25) is 5.91 Å². The summed E-state index contributed by atoms with van der Waals surface area (Å²) in [6.07, 6.45) is -0.541. The quantitative estimate of drug-likeness (QED) is 0.239. The molecule has 222 valence electrons. The number of ether oxygens (including phenoxy) is 1. The zero-order valence-corrected chi connectivity index (χ0v) is 23.9. The number of aryl methyl sites for hydroxylation is 1. The number of carbonyl (C=O) groups excluding carboxylic acids is 2. The van der Waals surface area contributed by atoms with E-state index in [0.717, 1.165) is 36.8 Å². The van der Waals surface area contributed by atoms with Crippen LogP contribution in [0, 0.1) is 11.6 Å². The summed E-state index contributed by atoms with van der Waals surface area (Å²) in [7, 11) is -2.65. The van der Waals surface area contributed by atoms with E-state index in [4.69, 9.17) is 0 Å². The van der Waals surface area contributed by atoms with Gasteiger partial charge in [-0.2, -0.15) is 0 Å². The second-order valence-electron chi connectivity index (χ2n) is 9.63. The van der Waals surface area contributed by atoms with E-state index in [2.05, 4.69) is 20.7 Å². The number of aliphatic hydroxyl groups excluding tert-OH is 1. The highest BCUT2D eigenvalue weighted by Gasteiger charge is 2.31. The maximum atomic E-state index is 13.9. The van der Waals surface area contributed by atoms with Crippen molar-refractivity contribution < 1.29 is 36.6 Å². The summed E-state index contributed by atoms with van der Waals surface area (Å²) >= 11 is 0. The average molecular weight is 584 g/mol. The first kappa shape index (κ1) is 33.1. The third kappa shape index (κ3) is 11.6. The van der Waals surface area contributed by atoms with Crippen LogP contribution in [-0.2, 0) is 38.8 Å². The highest BCUT2D eigenvalue weighted by Crippen LogP contribution is 2.13. The van der Waals surface area contributed by atoms with Crippen LogP contribution in [-0.4, -0.2) is 68.9 Å². The third-order valence-electron chi connectivity index (χ3n) is 6.28. The Balaban J connectivity index is 2.23. The van der Waals surface area contributed by atoms with E-state index in [9.17, 15) is 31.9 Å². The first-order chi connectivity index (χ1) is 19.0. The van der Waals surface area contributed by atoms with Crippen LogP contribution >= 0.6 is 0 Å². The number of halogens is 2. The number of alkyl carbamates (subject to hydrolysis) is 1. The number of amides is 2. The molecule has 2 rings (SSSR count). The molecule has 0 aliphatic heterocycles. The van der Waals surface area contributed by atoms with Crippen molar-refractivity contribution in [3.8, 4) is 0 Å². The van der Waals surface area contributed by atoms with Gasteiger partial charge in [-0.05, 0) is 48.1 Å². The lowest BCUT2D eigenvalue weighted by Gasteiger charge is -2.27. The molecule has 0 aliphatic carbocycles. The minimum atomic E-state index is -3.72. The van der Waals surface area contributed by atoms with Gasteiger partial charge in [-0.15, -0.1) is 0 Å². The highest BCUT2D eigenvalue weighted by atomic mass is 32.2. The summed E-state index contributed by atoms with van der Waals surface area (Å²) < 4.78 is 57.4. The molecular weight excluding hydrogens is 544 g/mol. The lowest BCUT2D eigenvalue weighted by molar-refractivity contribution is -0.124. The summed E-state index contributed by atoms with van der Waals surface area (Å²) in [6.45, 7) is 4.28. The van der Waals surface area contributed by atoms with Gasteiger partial charge in [-0.1, -0.05) is 44.5 Å². The maximum absolute atomic E-state index is 13.9. The fourth-order valence-electron chi connectivity index (χ4n) is 4.10. The topological polar surface area (TPSA) is 134 Å². The standard InChI is InChI=1S/C28H39F2N3O6S/c1-4-6-10-40(37,38)18-25(33-28(36)39-3)27(35)32-24(14-21-12-22(29)15-23(30)13-21)26(34)17-31-16-20-9-7-8-19(5-2)11-20/h7-9,11-13,15,24-26,31,34H,4-6,10,14,16-18H2,1-3H3,(H,32,35)(H,33,36)/t24-,25+,26+/m0/s1. The molecule has 0 saturated heterocycles. The summed E-state index contributed by atoms with van der Waals surface area (Å²) in [6, 6.07) is 8.15. The van der Waals surface area contributed by atoms with Gasteiger partial charge in [-0.25, -0.2) is 22.0 Å². The number of carbonyl (C=O) groups is 2. The first-order valence-electron chi connectivity index (χ1n) is 13.2. The van der Waals surface area contributed by atoms with Crippen molar-refractivity contribution in [3.05, 3.63) is 70.8 Å². The van der Waals surface area contributed by atoms with Crippen molar-refractivity contribution in [3.63, 3.8) is 0 Å². The van der Waals surface area contributed by atoms with Crippen molar-refractivity contribution in [2.75, 3.05) is 25.2 Å². The Bertz CT molecular complexity index is 1210. The van der Waals surface area contributed by atoms with Crippen LogP contribution in [0.4, 0.5) is 13.6 Å². The molecule has 3 atom stereocenters. The van der Waals surface area contributed by atoms with Crippen LogP contribution in [0.5, 0.6) is 0 Å². The van der Waals surface area contributed by atoms with Gasteiger partial charge in [0, 0.05) is 19.2 Å². The number of unbranched alkanes of at least 4 members (excludes halogenated alkanes) is 1. The number of methoxy groups -OCH3 is 1. The molecule has 2 amide bonds. The third-order valence-corrected chi connectivity index (χ3v) is 8.03. The predicted molar refractivity (Wildman–Crippen MR) is 148 cm³/mol. The van der Waals surface area contributed by atoms with Crippen LogP contribution in [0.2, 0.25) is 0 Å². The normalized spacial score (nSPS) is 13.8. The molecule has 2 aromatic rings. The number of hydrogen-bond donors (Lipinski definition) is 4. The summed E-state index contributed by atoms with van der Waals surface area (Å²) in [4.78, 5) is 25.1. The average Bonchev–Trinajstić information content (AvgIpc) is 2.90. The van der Waals surface area contributed by atoms with E-state index >= 15 is 0 Å². The number of rotatable bonds is 16. The van der Waals surface area contributed by atoms with Gasteiger partial charge in [-0.3, -0.25) is 4.79 Å². The molecule has 4 N–H and O–H groups in total. The fraction of sp³-hybridized carbons (Fsp3) is 0.500. The Hall–Kier alpha value is -3.09. The Morgan fingerprint density at radius 2 is 1.68 bits per heavy atom. The number of nitrogens with one attached hydrogen (secondary N) is 3. The molecule has 0 spiro atoms. The Morgan fingerprint density at radius 3 is 2.30 bits per heavy atom. The molecule has 9 nitrogen and oxygen atoms in total.